The molecule has 0 aromatic rings. The Morgan fingerprint density at radius 3 is 1.93 bits per heavy atom. The molecular weight excluding hydrogens is 174 g/mol. The Labute approximate surface area is 88.6 Å². The molecule has 0 N–H and O–H groups in total. The van der Waals surface area contributed by atoms with Crippen LogP contribution in [0.25, 0.3) is 5.32 Å². The molecule has 0 aliphatic carbocycles. The first-order valence-electron chi connectivity index (χ1n) is 5.54. The van der Waals surface area contributed by atoms with Gasteiger partial charge in [-0.3, -0.25) is 0 Å². The lowest BCUT2D eigenvalue weighted by Crippen LogP contribution is -2.32. The summed E-state index contributed by atoms with van der Waals surface area (Å²) in [4.78, 5) is 6.73. The number of hydrogen-bond acceptors (Lipinski definition) is 1. The molecule has 14 heavy (non-hydrogen) atoms. The van der Waals surface area contributed by atoms with Crippen LogP contribution in [0.3, 0.4) is 0 Å². The Morgan fingerprint density at radius 2 is 1.64 bits per heavy atom. The van der Waals surface area contributed by atoms with Crippen molar-refractivity contribution in [3.05, 3.63) is 5.32 Å². The quantitative estimate of drug-likeness (QED) is 0.504. The van der Waals surface area contributed by atoms with Crippen molar-refractivity contribution in [2.45, 2.75) is 53.6 Å². The molecule has 0 fully saturated rings. The molecule has 3 heteroatoms. The fourth-order valence-corrected chi connectivity index (χ4v) is 1.16. The van der Waals surface area contributed by atoms with Gasteiger partial charge in [0.25, 0.3) is 0 Å². The molecule has 0 aliphatic rings. The molecule has 0 amide bonds. The Kier molecular flexibility index (Phi) is 6.34. The largest absolute Gasteiger partial charge is 0.427 e. The van der Waals surface area contributed by atoms with E-state index in [0.717, 1.165) is 19.0 Å². The van der Waals surface area contributed by atoms with E-state index in [9.17, 15) is 0 Å². The van der Waals surface area contributed by atoms with Crippen molar-refractivity contribution in [3.8, 4) is 0 Å². The van der Waals surface area contributed by atoms with Crippen LogP contribution in [0.4, 0.5) is 0 Å². The molecule has 0 bridgehead atoms. The first-order valence-corrected chi connectivity index (χ1v) is 5.54. The van der Waals surface area contributed by atoms with Crippen LogP contribution < -0.4 is 0 Å². The molecule has 0 radical (unpaired) electrons. The predicted molar refractivity (Wildman–Crippen MR) is 64.0 cm³/mol. The molecule has 0 aromatic heterocycles. The first-order chi connectivity index (χ1) is 6.51. The highest BCUT2D eigenvalue weighted by atomic mass is 15.3. The minimum Gasteiger partial charge on any atom is -0.427 e. The molecule has 0 spiro atoms. The molecule has 3 nitrogen and oxygen atoms in total. The standard InChI is InChI=1S/C11H24N3/c1-7-14(8-2)11(12-9(3)4)13-10(5)6/h9-10H,7-8H2,1-6H3/q-1. The fraction of sp³-hybridized carbons (Fsp3) is 0.909. The molecule has 84 valence electrons. The van der Waals surface area contributed by atoms with E-state index in [2.05, 4.69) is 56.8 Å². The average molecular weight is 198 g/mol. The number of guanidine groups is 1. The minimum atomic E-state index is 0.313. The van der Waals surface area contributed by atoms with E-state index in [0.29, 0.717) is 12.1 Å². The second-order valence-electron chi connectivity index (χ2n) is 3.92. The third kappa shape index (κ3) is 5.10. The van der Waals surface area contributed by atoms with Gasteiger partial charge in [-0.1, -0.05) is 41.5 Å². The van der Waals surface area contributed by atoms with Gasteiger partial charge in [0, 0.05) is 5.96 Å². The maximum atomic E-state index is 4.54. The molecule has 0 heterocycles. The predicted octanol–water partition coefficient (Wildman–Crippen LogP) is 2.87. The van der Waals surface area contributed by atoms with E-state index in [-0.39, 0.29) is 0 Å². The van der Waals surface area contributed by atoms with Gasteiger partial charge >= 0.3 is 0 Å². The van der Waals surface area contributed by atoms with Crippen LogP contribution in [0.1, 0.15) is 41.5 Å². The summed E-state index contributed by atoms with van der Waals surface area (Å²) in [5.74, 6) is 0.903. The van der Waals surface area contributed by atoms with E-state index in [1.165, 1.54) is 0 Å². The maximum absolute atomic E-state index is 4.54. The molecular formula is C11H24N3-. The summed E-state index contributed by atoms with van der Waals surface area (Å²) < 4.78 is 0. The zero-order valence-corrected chi connectivity index (χ0v) is 10.4. The van der Waals surface area contributed by atoms with Crippen LogP contribution in [0.15, 0.2) is 4.99 Å². The van der Waals surface area contributed by atoms with Crippen molar-refractivity contribution in [3.63, 3.8) is 0 Å². The van der Waals surface area contributed by atoms with Crippen LogP contribution in [0.5, 0.6) is 0 Å². The van der Waals surface area contributed by atoms with Gasteiger partial charge in [-0.25, -0.2) is 0 Å². The fourth-order valence-electron chi connectivity index (χ4n) is 1.16. The summed E-state index contributed by atoms with van der Waals surface area (Å²) in [6.07, 6.45) is 0. The molecule has 0 saturated heterocycles. The molecule has 0 aromatic carbocycles. The summed E-state index contributed by atoms with van der Waals surface area (Å²) in [5.41, 5.74) is 0. The Balaban J connectivity index is 4.52. The highest BCUT2D eigenvalue weighted by Gasteiger charge is 2.00. The normalized spacial score (nSPS) is 12.4. The second-order valence-corrected chi connectivity index (χ2v) is 3.92. The highest BCUT2D eigenvalue weighted by Crippen LogP contribution is 2.07. The van der Waals surface area contributed by atoms with Gasteiger partial charge in [0.05, 0.1) is 0 Å². The van der Waals surface area contributed by atoms with Gasteiger partial charge in [-0.2, -0.15) is 0 Å². The van der Waals surface area contributed by atoms with Crippen LogP contribution in [0, 0.1) is 0 Å². The van der Waals surface area contributed by atoms with E-state index in [4.69, 9.17) is 0 Å². The number of hydrogen-bond donors (Lipinski definition) is 0. The van der Waals surface area contributed by atoms with Crippen molar-refractivity contribution in [2.75, 3.05) is 13.1 Å². The lowest BCUT2D eigenvalue weighted by molar-refractivity contribution is 0.459. The lowest BCUT2D eigenvalue weighted by Gasteiger charge is -2.34. The Morgan fingerprint density at radius 1 is 1.14 bits per heavy atom. The highest BCUT2D eigenvalue weighted by molar-refractivity contribution is 5.92. The summed E-state index contributed by atoms with van der Waals surface area (Å²) in [7, 11) is 0. The number of rotatable bonds is 4. The summed E-state index contributed by atoms with van der Waals surface area (Å²) in [5, 5.41) is 4.54. The number of nitrogens with zero attached hydrogens (tertiary/aromatic N) is 3. The third-order valence-corrected chi connectivity index (χ3v) is 1.79. The molecule has 0 atom stereocenters. The average Bonchev–Trinajstić information content (AvgIpc) is 2.03. The van der Waals surface area contributed by atoms with Crippen molar-refractivity contribution in [1.29, 1.82) is 0 Å². The molecule has 0 rings (SSSR count). The van der Waals surface area contributed by atoms with Gasteiger partial charge in [0.1, 0.15) is 0 Å². The van der Waals surface area contributed by atoms with Crippen LogP contribution >= 0.6 is 0 Å². The van der Waals surface area contributed by atoms with E-state index < -0.39 is 0 Å². The summed E-state index contributed by atoms with van der Waals surface area (Å²) in [6.45, 7) is 14.5. The van der Waals surface area contributed by atoms with Gasteiger partial charge in [0.2, 0.25) is 0 Å². The first kappa shape index (κ1) is 13.3. The van der Waals surface area contributed by atoms with Crippen molar-refractivity contribution < 1.29 is 0 Å². The van der Waals surface area contributed by atoms with Gasteiger partial charge in [-0.15, -0.1) is 0 Å². The van der Waals surface area contributed by atoms with Crippen molar-refractivity contribution in [2.24, 2.45) is 4.99 Å². The smallest absolute Gasteiger partial charge is 0.00960 e. The van der Waals surface area contributed by atoms with Crippen LogP contribution in [-0.2, 0) is 0 Å². The Bertz CT molecular complexity index is 169. The molecule has 0 saturated carbocycles. The Hall–Kier alpha value is -0.730. The molecule has 0 aliphatic heterocycles. The van der Waals surface area contributed by atoms with E-state index >= 15 is 0 Å². The SMILES string of the molecule is CCN(CC)C(=NC(C)C)[N-]C(C)C. The summed E-state index contributed by atoms with van der Waals surface area (Å²) in [6, 6.07) is 0.626. The van der Waals surface area contributed by atoms with Gasteiger partial charge < -0.3 is 15.2 Å². The van der Waals surface area contributed by atoms with Crippen molar-refractivity contribution >= 4 is 5.96 Å². The lowest BCUT2D eigenvalue weighted by atomic mass is 10.4. The van der Waals surface area contributed by atoms with E-state index in [1.807, 2.05) is 0 Å². The molecule has 0 unspecified atom stereocenters. The van der Waals surface area contributed by atoms with Crippen LogP contribution in [0.2, 0.25) is 0 Å². The zero-order valence-electron chi connectivity index (χ0n) is 10.4. The summed E-state index contributed by atoms with van der Waals surface area (Å²) >= 11 is 0. The second kappa shape index (κ2) is 6.68. The number of aliphatic imine (C=N–C) groups is 1. The van der Waals surface area contributed by atoms with Crippen LogP contribution in [-0.4, -0.2) is 36.0 Å². The maximum Gasteiger partial charge on any atom is 0.00960 e. The zero-order chi connectivity index (χ0) is 11.1. The van der Waals surface area contributed by atoms with Gasteiger partial charge in [0.15, 0.2) is 0 Å². The van der Waals surface area contributed by atoms with E-state index in [1.54, 1.807) is 0 Å². The topological polar surface area (TPSA) is 29.7 Å². The minimum absolute atomic E-state index is 0.313. The third-order valence-electron chi connectivity index (χ3n) is 1.79. The monoisotopic (exact) mass is 198 g/mol. The van der Waals surface area contributed by atoms with Gasteiger partial charge in [-0.05, 0) is 25.2 Å². The van der Waals surface area contributed by atoms with Crippen molar-refractivity contribution in [1.82, 2.24) is 4.90 Å².